The van der Waals surface area contributed by atoms with Gasteiger partial charge < -0.3 is 45.4 Å². The lowest BCUT2D eigenvalue weighted by Gasteiger charge is -2.40. The van der Waals surface area contributed by atoms with Crippen LogP contribution in [0.1, 0.15) is 328 Å². The second-order valence-corrected chi connectivity index (χ2v) is 23.4. The Bertz CT molecular complexity index is 1270. The summed E-state index contributed by atoms with van der Waals surface area (Å²) in [5, 5.41) is 65.1. The summed E-state index contributed by atoms with van der Waals surface area (Å²) in [5.41, 5.74) is 0. The van der Waals surface area contributed by atoms with E-state index in [1.54, 1.807) is 6.08 Å². The Morgan fingerprint density at radius 2 is 0.763 bits per heavy atom. The van der Waals surface area contributed by atoms with Gasteiger partial charge in [-0.1, -0.05) is 308 Å². The number of allylic oxidation sites excluding steroid dienone is 3. The van der Waals surface area contributed by atoms with Crippen molar-refractivity contribution in [1.29, 1.82) is 0 Å². The van der Waals surface area contributed by atoms with Gasteiger partial charge in [0.25, 0.3) is 0 Å². The molecule has 1 fully saturated rings. The predicted octanol–water partition coefficient (Wildman–Crippen LogP) is 16.3. The zero-order valence-corrected chi connectivity index (χ0v) is 49.9. The summed E-state index contributed by atoms with van der Waals surface area (Å²) in [7, 11) is 0. The molecule has 0 aromatic carbocycles. The fourth-order valence-electron chi connectivity index (χ4n) is 10.8. The van der Waals surface area contributed by atoms with E-state index in [4.69, 9.17) is 9.47 Å². The molecular formula is C66H127NO9. The van der Waals surface area contributed by atoms with Gasteiger partial charge in [0.2, 0.25) is 5.91 Å². The van der Waals surface area contributed by atoms with E-state index in [9.17, 15) is 35.4 Å². The molecule has 0 aromatic heterocycles. The SMILES string of the molecule is CCCCCCCCCCCCCCC/C=C/C(O)C(COC1OC(CO)C(O)C(O)C1O)NC(=O)C(O)CCCCCCCCCCCCCCCCCC/C=C\CCCCCCCCCCCCCCCCCC. The monoisotopic (exact) mass is 1080 g/mol. The third-order valence-corrected chi connectivity index (χ3v) is 16.1. The molecule has 1 amide bonds. The third-order valence-electron chi connectivity index (χ3n) is 16.1. The molecule has 0 aliphatic carbocycles. The first kappa shape index (κ1) is 72.6. The Labute approximate surface area is 469 Å². The van der Waals surface area contributed by atoms with Gasteiger partial charge in [-0.3, -0.25) is 4.79 Å². The first-order valence-corrected chi connectivity index (χ1v) is 33.2. The van der Waals surface area contributed by atoms with Gasteiger partial charge in [0, 0.05) is 0 Å². The smallest absolute Gasteiger partial charge is 0.249 e. The average Bonchev–Trinajstić information content (AvgIpc) is 3.42. The standard InChI is InChI=1S/C66H127NO9/c1-3-5-7-9-11-13-15-17-19-20-21-22-23-24-25-26-27-28-29-30-31-32-33-34-35-36-37-38-39-41-43-45-47-49-51-53-55-60(70)65(74)67-58(57-75-66-64(73)63(72)62(71)61(56-68)76-66)59(69)54-52-50-48-46-44-42-40-18-16-14-12-10-8-6-4-2/h28-29,52,54,58-64,66,68-73H,3-27,30-51,53,55-57H2,1-2H3,(H,67,74)/b29-28-,54-52+. The molecular weight excluding hydrogens is 951 g/mol. The van der Waals surface area contributed by atoms with Gasteiger partial charge in [0.15, 0.2) is 6.29 Å². The molecule has 8 atom stereocenters. The van der Waals surface area contributed by atoms with Crippen LogP contribution in [0.3, 0.4) is 0 Å². The van der Waals surface area contributed by atoms with Crippen LogP contribution >= 0.6 is 0 Å². The molecule has 0 spiro atoms. The molecule has 1 aliphatic rings. The molecule has 0 radical (unpaired) electrons. The second kappa shape index (κ2) is 55.5. The number of carbonyl (C=O) groups is 1. The van der Waals surface area contributed by atoms with Crippen LogP contribution in [-0.4, -0.2) is 98.7 Å². The molecule has 450 valence electrons. The van der Waals surface area contributed by atoms with Crippen LogP contribution < -0.4 is 5.32 Å². The van der Waals surface area contributed by atoms with Crippen LogP contribution in [0.25, 0.3) is 0 Å². The minimum atomic E-state index is -1.61. The van der Waals surface area contributed by atoms with Crippen LogP contribution in [0.2, 0.25) is 0 Å². The highest BCUT2D eigenvalue weighted by molar-refractivity contribution is 5.80. The van der Waals surface area contributed by atoms with Crippen LogP contribution in [0, 0.1) is 0 Å². The van der Waals surface area contributed by atoms with Crippen LogP contribution in [0.5, 0.6) is 0 Å². The number of aliphatic hydroxyl groups is 6. The second-order valence-electron chi connectivity index (χ2n) is 23.4. The highest BCUT2D eigenvalue weighted by Gasteiger charge is 2.44. The quantitative estimate of drug-likeness (QED) is 0.0232. The van der Waals surface area contributed by atoms with Gasteiger partial charge in [-0.25, -0.2) is 0 Å². The third kappa shape index (κ3) is 43.4. The maximum atomic E-state index is 13.2. The summed E-state index contributed by atoms with van der Waals surface area (Å²) >= 11 is 0. The lowest BCUT2D eigenvalue weighted by Crippen LogP contribution is -2.60. The van der Waals surface area contributed by atoms with Gasteiger partial charge in [0.05, 0.1) is 25.4 Å². The number of nitrogens with one attached hydrogen (secondary N) is 1. The molecule has 7 N–H and O–H groups in total. The number of ether oxygens (including phenoxy) is 2. The van der Waals surface area contributed by atoms with Gasteiger partial charge in [0.1, 0.15) is 30.5 Å². The maximum Gasteiger partial charge on any atom is 0.249 e. The molecule has 1 heterocycles. The lowest BCUT2D eigenvalue weighted by molar-refractivity contribution is -0.302. The normalized spacial score (nSPS) is 19.3. The number of amides is 1. The van der Waals surface area contributed by atoms with E-state index in [1.807, 2.05) is 6.08 Å². The summed E-state index contributed by atoms with van der Waals surface area (Å²) in [6.45, 7) is 3.65. The summed E-state index contributed by atoms with van der Waals surface area (Å²) < 4.78 is 11.2. The Balaban J connectivity index is 2.10. The van der Waals surface area contributed by atoms with Crippen molar-refractivity contribution in [2.24, 2.45) is 0 Å². The predicted molar refractivity (Wildman–Crippen MR) is 320 cm³/mol. The highest BCUT2D eigenvalue weighted by atomic mass is 16.7. The van der Waals surface area contributed by atoms with Crippen molar-refractivity contribution >= 4 is 5.91 Å². The Morgan fingerprint density at radius 1 is 0.447 bits per heavy atom. The van der Waals surface area contributed by atoms with Crippen LogP contribution in [0.4, 0.5) is 0 Å². The number of hydrogen-bond acceptors (Lipinski definition) is 9. The first-order chi connectivity index (χ1) is 37.3. The van der Waals surface area contributed by atoms with Crippen LogP contribution in [0.15, 0.2) is 24.3 Å². The van der Waals surface area contributed by atoms with Gasteiger partial charge in [-0.15, -0.1) is 0 Å². The summed E-state index contributed by atoms with van der Waals surface area (Å²) in [6, 6.07) is -0.978. The summed E-state index contributed by atoms with van der Waals surface area (Å²) in [4.78, 5) is 13.2. The van der Waals surface area contributed by atoms with Crippen molar-refractivity contribution in [3.05, 3.63) is 24.3 Å². The van der Waals surface area contributed by atoms with Crippen molar-refractivity contribution < 1.29 is 44.9 Å². The van der Waals surface area contributed by atoms with Crippen molar-refractivity contribution in [2.45, 2.75) is 377 Å². The highest BCUT2D eigenvalue weighted by Crippen LogP contribution is 2.23. The van der Waals surface area contributed by atoms with Crippen molar-refractivity contribution in [2.75, 3.05) is 13.2 Å². The molecule has 10 heteroatoms. The molecule has 1 aliphatic heterocycles. The van der Waals surface area contributed by atoms with Crippen LogP contribution in [-0.2, 0) is 14.3 Å². The molecule has 76 heavy (non-hydrogen) atoms. The van der Waals surface area contributed by atoms with Crippen molar-refractivity contribution in [1.82, 2.24) is 5.32 Å². The maximum absolute atomic E-state index is 13.2. The van der Waals surface area contributed by atoms with Crippen molar-refractivity contribution in [3.8, 4) is 0 Å². The lowest BCUT2D eigenvalue weighted by atomic mass is 9.99. The Kier molecular flexibility index (Phi) is 53.1. The number of unbranched alkanes of at least 4 members (excludes halogenated alkanes) is 45. The average molecular weight is 1080 g/mol. The van der Waals surface area contributed by atoms with E-state index in [0.717, 1.165) is 44.9 Å². The summed E-state index contributed by atoms with van der Waals surface area (Å²) in [5.74, 6) is -0.611. The molecule has 0 aromatic rings. The zero-order chi connectivity index (χ0) is 55.2. The molecule has 0 saturated carbocycles. The number of hydrogen-bond donors (Lipinski definition) is 7. The first-order valence-electron chi connectivity index (χ1n) is 33.2. The molecule has 10 nitrogen and oxygen atoms in total. The molecule has 8 unspecified atom stereocenters. The summed E-state index contributed by atoms with van der Waals surface area (Å²) in [6.07, 6.45) is 61.8. The molecule has 1 rings (SSSR count). The largest absolute Gasteiger partial charge is 0.394 e. The van der Waals surface area contributed by atoms with E-state index < -0.39 is 61.5 Å². The Hall–Kier alpha value is -1.37. The van der Waals surface area contributed by atoms with E-state index >= 15 is 0 Å². The van der Waals surface area contributed by atoms with Gasteiger partial charge in [-0.2, -0.15) is 0 Å². The topological polar surface area (TPSA) is 169 Å². The fraction of sp³-hybridized carbons (Fsp3) is 0.924. The number of rotatable bonds is 58. The van der Waals surface area contributed by atoms with E-state index in [1.165, 1.54) is 263 Å². The van der Waals surface area contributed by atoms with E-state index in [2.05, 4.69) is 31.3 Å². The van der Waals surface area contributed by atoms with Gasteiger partial charge >= 0.3 is 0 Å². The fourth-order valence-corrected chi connectivity index (χ4v) is 10.8. The minimum Gasteiger partial charge on any atom is -0.394 e. The van der Waals surface area contributed by atoms with Gasteiger partial charge in [-0.05, 0) is 44.9 Å². The van der Waals surface area contributed by atoms with Crippen molar-refractivity contribution in [3.63, 3.8) is 0 Å². The molecule has 1 saturated heterocycles. The molecule has 0 bridgehead atoms. The number of carbonyl (C=O) groups excluding carboxylic acids is 1. The zero-order valence-electron chi connectivity index (χ0n) is 49.9. The van der Waals surface area contributed by atoms with E-state index in [-0.39, 0.29) is 6.61 Å². The Morgan fingerprint density at radius 3 is 1.11 bits per heavy atom. The number of aliphatic hydroxyl groups excluding tert-OH is 6. The van der Waals surface area contributed by atoms with E-state index in [0.29, 0.717) is 6.42 Å². The minimum absolute atomic E-state index is 0.302.